The number of likely N-dealkylation sites (tertiary alicyclic amines) is 1. The first-order valence-corrected chi connectivity index (χ1v) is 7.32. The molecule has 0 saturated carbocycles. The monoisotopic (exact) mass is 308 g/mol. The van der Waals surface area contributed by atoms with E-state index >= 15 is 0 Å². The molecule has 1 aliphatic rings. The smallest absolute Gasteiger partial charge is 0.225 e. The number of carbonyl (C=O) groups excluding carboxylic acids is 2. The molecule has 0 spiro atoms. The second kappa shape index (κ2) is 7.35. The minimum absolute atomic E-state index is 0.0322. The SMILES string of the molecule is COCCNC(=O)[C@@H]1CCC(=O)N(C)[C@@H]1c1cccc(F)c1. The highest BCUT2D eigenvalue weighted by Gasteiger charge is 2.38. The van der Waals surface area contributed by atoms with E-state index in [1.165, 1.54) is 12.1 Å². The summed E-state index contributed by atoms with van der Waals surface area (Å²) in [5, 5.41) is 2.81. The van der Waals surface area contributed by atoms with Gasteiger partial charge in [0, 0.05) is 27.1 Å². The predicted molar refractivity (Wildman–Crippen MR) is 79.5 cm³/mol. The quantitative estimate of drug-likeness (QED) is 0.839. The summed E-state index contributed by atoms with van der Waals surface area (Å²) in [6.45, 7) is 0.844. The molecule has 1 aromatic carbocycles. The van der Waals surface area contributed by atoms with Crippen LogP contribution >= 0.6 is 0 Å². The van der Waals surface area contributed by atoms with E-state index in [4.69, 9.17) is 4.74 Å². The molecule has 1 saturated heterocycles. The fourth-order valence-electron chi connectivity index (χ4n) is 2.87. The predicted octanol–water partition coefficient (Wildman–Crippen LogP) is 1.50. The number of rotatable bonds is 5. The van der Waals surface area contributed by atoms with Crippen molar-refractivity contribution in [3.05, 3.63) is 35.6 Å². The molecule has 2 atom stereocenters. The van der Waals surface area contributed by atoms with Gasteiger partial charge in [0.15, 0.2) is 0 Å². The summed E-state index contributed by atoms with van der Waals surface area (Å²) in [6.07, 6.45) is 0.786. The van der Waals surface area contributed by atoms with Crippen molar-refractivity contribution in [1.82, 2.24) is 10.2 Å². The summed E-state index contributed by atoms with van der Waals surface area (Å²) in [7, 11) is 3.22. The van der Waals surface area contributed by atoms with E-state index in [1.54, 1.807) is 31.2 Å². The number of nitrogens with zero attached hydrogens (tertiary/aromatic N) is 1. The van der Waals surface area contributed by atoms with Gasteiger partial charge in [-0.25, -0.2) is 4.39 Å². The lowest BCUT2D eigenvalue weighted by Gasteiger charge is -2.38. The fourth-order valence-corrected chi connectivity index (χ4v) is 2.87. The number of benzene rings is 1. The van der Waals surface area contributed by atoms with Crippen LogP contribution in [0.3, 0.4) is 0 Å². The van der Waals surface area contributed by atoms with Crippen molar-refractivity contribution in [2.24, 2.45) is 5.92 Å². The highest BCUT2D eigenvalue weighted by molar-refractivity contribution is 5.84. The van der Waals surface area contributed by atoms with E-state index in [9.17, 15) is 14.0 Å². The molecule has 1 aliphatic heterocycles. The number of carbonyl (C=O) groups is 2. The van der Waals surface area contributed by atoms with Crippen LogP contribution in [0.2, 0.25) is 0 Å². The number of methoxy groups -OCH3 is 1. The van der Waals surface area contributed by atoms with Gasteiger partial charge in [0.2, 0.25) is 11.8 Å². The lowest BCUT2D eigenvalue weighted by molar-refractivity contribution is -0.141. The van der Waals surface area contributed by atoms with Gasteiger partial charge in [-0.2, -0.15) is 0 Å². The van der Waals surface area contributed by atoms with Crippen molar-refractivity contribution in [2.45, 2.75) is 18.9 Å². The van der Waals surface area contributed by atoms with Gasteiger partial charge in [0.1, 0.15) is 5.82 Å². The third kappa shape index (κ3) is 3.62. The Morgan fingerprint density at radius 2 is 2.27 bits per heavy atom. The standard InChI is InChI=1S/C16H21FN2O3/c1-19-14(20)7-6-13(16(21)18-8-9-22-2)15(19)11-4-3-5-12(17)10-11/h3-5,10,13,15H,6-9H2,1-2H3,(H,18,21)/t13-,15-/m1/s1. The van der Waals surface area contributed by atoms with E-state index in [0.29, 0.717) is 31.6 Å². The maximum absolute atomic E-state index is 13.5. The first-order valence-electron chi connectivity index (χ1n) is 7.32. The van der Waals surface area contributed by atoms with Crippen molar-refractivity contribution in [3.63, 3.8) is 0 Å². The summed E-state index contributed by atoms with van der Waals surface area (Å²) in [4.78, 5) is 25.9. The molecule has 1 N–H and O–H groups in total. The molecule has 22 heavy (non-hydrogen) atoms. The first kappa shape index (κ1) is 16.4. The van der Waals surface area contributed by atoms with E-state index < -0.39 is 6.04 Å². The Balaban J connectivity index is 2.22. The molecule has 0 aliphatic carbocycles. The maximum Gasteiger partial charge on any atom is 0.225 e. The normalized spacial score (nSPS) is 21.8. The summed E-state index contributed by atoms with van der Waals surface area (Å²) in [6, 6.07) is 5.63. The molecule has 0 aromatic heterocycles. The van der Waals surface area contributed by atoms with Crippen LogP contribution in [-0.2, 0) is 14.3 Å². The van der Waals surface area contributed by atoms with Gasteiger partial charge in [-0.3, -0.25) is 9.59 Å². The molecule has 1 aromatic rings. The Bertz CT molecular complexity index is 550. The molecule has 6 heteroatoms. The Morgan fingerprint density at radius 3 is 2.95 bits per heavy atom. The van der Waals surface area contributed by atoms with Crippen molar-refractivity contribution in [2.75, 3.05) is 27.3 Å². The number of amides is 2. The summed E-state index contributed by atoms with van der Waals surface area (Å²) in [5.41, 5.74) is 0.641. The zero-order chi connectivity index (χ0) is 16.1. The van der Waals surface area contributed by atoms with E-state index in [0.717, 1.165) is 0 Å². The number of hydrogen-bond donors (Lipinski definition) is 1. The number of hydrogen-bond acceptors (Lipinski definition) is 3. The molecule has 1 heterocycles. The zero-order valence-corrected chi connectivity index (χ0v) is 12.8. The largest absolute Gasteiger partial charge is 0.383 e. The van der Waals surface area contributed by atoms with E-state index in [2.05, 4.69) is 5.32 Å². The van der Waals surface area contributed by atoms with Gasteiger partial charge < -0.3 is 15.0 Å². The van der Waals surface area contributed by atoms with Crippen LogP contribution in [0.15, 0.2) is 24.3 Å². The van der Waals surface area contributed by atoms with Gasteiger partial charge in [-0.05, 0) is 24.1 Å². The average Bonchev–Trinajstić information content (AvgIpc) is 2.50. The summed E-state index contributed by atoms with van der Waals surface area (Å²) in [5.74, 6) is -0.926. The van der Waals surface area contributed by atoms with Crippen LogP contribution in [0.5, 0.6) is 0 Å². The third-order valence-corrected chi connectivity index (χ3v) is 3.99. The lowest BCUT2D eigenvalue weighted by atomic mass is 9.84. The number of piperidine rings is 1. The van der Waals surface area contributed by atoms with E-state index in [-0.39, 0.29) is 23.5 Å². The molecular weight excluding hydrogens is 287 g/mol. The van der Waals surface area contributed by atoms with Crippen LogP contribution in [0.1, 0.15) is 24.4 Å². The van der Waals surface area contributed by atoms with Crippen LogP contribution in [0.4, 0.5) is 4.39 Å². The second-order valence-corrected chi connectivity index (χ2v) is 5.43. The van der Waals surface area contributed by atoms with Gasteiger partial charge in [-0.15, -0.1) is 0 Å². The highest BCUT2D eigenvalue weighted by Crippen LogP contribution is 2.36. The maximum atomic E-state index is 13.5. The fraction of sp³-hybridized carbons (Fsp3) is 0.500. The minimum Gasteiger partial charge on any atom is -0.383 e. The molecule has 0 radical (unpaired) electrons. The van der Waals surface area contributed by atoms with Gasteiger partial charge in [-0.1, -0.05) is 12.1 Å². The molecule has 2 rings (SSSR count). The van der Waals surface area contributed by atoms with E-state index in [1.807, 2.05) is 0 Å². The Hall–Kier alpha value is -1.95. The number of nitrogens with one attached hydrogen (secondary N) is 1. The molecule has 2 amide bonds. The van der Waals surface area contributed by atoms with Crippen molar-refractivity contribution < 1.29 is 18.7 Å². The molecule has 5 nitrogen and oxygen atoms in total. The lowest BCUT2D eigenvalue weighted by Crippen LogP contribution is -2.46. The van der Waals surface area contributed by atoms with Gasteiger partial charge in [0.25, 0.3) is 0 Å². The summed E-state index contributed by atoms with van der Waals surface area (Å²) < 4.78 is 18.4. The second-order valence-electron chi connectivity index (χ2n) is 5.43. The van der Waals surface area contributed by atoms with Crippen molar-refractivity contribution >= 4 is 11.8 Å². The molecule has 1 fully saturated rings. The van der Waals surface area contributed by atoms with Gasteiger partial charge >= 0.3 is 0 Å². The Kier molecular flexibility index (Phi) is 5.49. The number of halogens is 1. The van der Waals surface area contributed by atoms with Crippen LogP contribution in [0, 0.1) is 11.7 Å². The molecular formula is C16H21FN2O3. The summed E-state index contributed by atoms with van der Waals surface area (Å²) >= 11 is 0. The molecule has 0 unspecified atom stereocenters. The topological polar surface area (TPSA) is 58.6 Å². The zero-order valence-electron chi connectivity index (χ0n) is 12.8. The highest BCUT2D eigenvalue weighted by atomic mass is 19.1. The molecule has 120 valence electrons. The van der Waals surface area contributed by atoms with Gasteiger partial charge in [0.05, 0.1) is 18.6 Å². The Labute approximate surface area is 129 Å². The Morgan fingerprint density at radius 1 is 1.50 bits per heavy atom. The van der Waals surface area contributed by atoms with Crippen LogP contribution in [0.25, 0.3) is 0 Å². The third-order valence-electron chi connectivity index (χ3n) is 3.99. The van der Waals surface area contributed by atoms with Crippen LogP contribution < -0.4 is 5.32 Å². The van der Waals surface area contributed by atoms with Crippen LogP contribution in [-0.4, -0.2) is 44.0 Å². The number of ether oxygens (including phenoxy) is 1. The average molecular weight is 308 g/mol. The minimum atomic E-state index is -0.445. The molecule has 0 bridgehead atoms. The first-order chi connectivity index (χ1) is 10.5. The van der Waals surface area contributed by atoms with Crippen molar-refractivity contribution in [1.29, 1.82) is 0 Å². The van der Waals surface area contributed by atoms with Crippen molar-refractivity contribution in [3.8, 4) is 0 Å².